The van der Waals surface area contributed by atoms with Crippen molar-refractivity contribution in [1.29, 1.82) is 0 Å². The Balaban J connectivity index is 1.73. The van der Waals surface area contributed by atoms with Crippen molar-refractivity contribution in [2.45, 2.75) is 37.6 Å². The van der Waals surface area contributed by atoms with Crippen molar-refractivity contribution in [1.82, 2.24) is 19.5 Å². The first-order valence-electron chi connectivity index (χ1n) is 9.28. The van der Waals surface area contributed by atoms with E-state index >= 15 is 0 Å². The summed E-state index contributed by atoms with van der Waals surface area (Å²) in [6, 6.07) is 7.38. The first kappa shape index (κ1) is 20.7. The van der Waals surface area contributed by atoms with Crippen LogP contribution in [0.4, 0.5) is 5.82 Å². The number of carboxylic acids is 1. The Morgan fingerprint density at radius 3 is 2.97 bits per heavy atom. The highest BCUT2D eigenvalue weighted by Crippen LogP contribution is 2.21. The SMILES string of the molecule is CCCCOc1nc(N)c2[nH]c(=O)n(CCSc3cccc(CC(=O)[O-])c3)c2n1. The first-order chi connectivity index (χ1) is 14.0. The van der Waals surface area contributed by atoms with Crippen molar-refractivity contribution in [2.24, 2.45) is 0 Å². The number of H-pyrrole nitrogens is 1. The molecule has 3 N–H and O–H groups in total. The Bertz CT molecular complexity index is 1060. The molecular formula is C19H22N5O4S-. The third kappa shape index (κ3) is 5.29. The molecule has 0 unspecified atom stereocenters. The molecule has 1 aromatic carbocycles. The molecule has 0 radical (unpaired) electrons. The lowest BCUT2D eigenvalue weighted by Gasteiger charge is -2.08. The van der Waals surface area contributed by atoms with E-state index in [-0.39, 0.29) is 23.9 Å². The number of thioether (sulfide) groups is 1. The summed E-state index contributed by atoms with van der Waals surface area (Å²) in [6.07, 6.45) is 1.72. The number of nitrogens with one attached hydrogen (secondary N) is 1. The van der Waals surface area contributed by atoms with Crippen LogP contribution in [0.15, 0.2) is 34.0 Å². The van der Waals surface area contributed by atoms with E-state index in [1.165, 1.54) is 16.3 Å². The molecule has 0 aliphatic heterocycles. The number of carbonyl (C=O) groups excluding carboxylic acids is 1. The number of rotatable bonds is 10. The van der Waals surface area contributed by atoms with Crippen molar-refractivity contribution in [3.05, 3.63) is 40.3 Å². The lowest BCUT2D eigenvalue weighted by Crippen LogP contribution is -2.24. The zero-order chi connectivity index (χ0) is 20.8. The normalized spacial score (nSPS) is 11.1. The lowest BCUT2D eigenvalue weighted by molar-refractivity contribution is -0.304. The number of nitrogens with zero attached hydrogens (tertiary/aromatic N) is 3. The number of ether oxygens (including phenoxy) is 1. The maximum absolute atomic E-state index is 12.3. The van der Waals surface area contributed by atoms with E-state index in [1.807, 2.05) is 6.07 Å². The van der Waals surface area contributed by atoms with E-state index in [1.54, 1.807) is 18.2 Å². The molecule has 0 saturated heterocycles. The Morgan fingerprint density at radius 1 is 1.38 bits per heavy atom. The molecule has 0 atom stereocenters. The molecule has 29 heavy (non-hydrogen) atoms. The third-order valence-corrected chi connectivity index (χ3v) is 5.16. The minimum absolute atomic E-state index is 0.132. The number of aromatic nitrogens is 4. The van der Waals surface area contributed by atoms with Crippen LogP contribution in [-0.4, -0.2) is 37.8 Å². The van der Waals surface area contributed by atoms with Crippen LogP contribution in [0.1, 0.15) is 25.3 Å². The summed E-state index contributed by atoms with van der Waals surface area (Å²) in [5.41, 5.74) is 7.09. The first-order valence-corrected chi connectivity index (χ1v) is 10.3. The van der Waals surface area contributed by atoms with Gasteiger partial charge in [-0.05, 0) is 24.1 Å². The van der Waals surface area contributed by atoms with Crippen LogP contribution in [0.25, 0.3) is 11.2 Å². The van der Waals surface area contributed by atoms with Gasteiger partial charge in [0.25, 0.3) is 0 Å². The summed E-state index contributed by atoms with van der Waals surface area (Å²) >= 11 is 1.51. The predicted octanol–water partition coefficient (Wildman–Crippen LogP) is 0.965. The fourth-order valence-electron chi connectivity index (χ4n) is 2.78. The van der Waals surface area contributed by atoms with Gasteiger partial charge in [-0.25, -0.2) is 4.79 Å². The standard InChI is InChI=1S/C19H23N5O4S/c1-2-3-8-28-18-22-16(20)15-17(23-18)24(19(27)21-15)7-9-29-13-6-4-5-12(10-13)11-14(25)26/h4-6,10H,2-3,7-9,11H2,1H3,(H,21,27)(H,25,26)(H2,20,22,23)/p-1. The number of hydrogen-bond donors (Lipinski definition) is 2. The lowest BCUT2D eigenvalue weighted by atomic mass is 10.2. The number of aliphatic carboxylic acids is 1. The van der Waals surface area contributed by atoms with Gasteiger partial charge in [-0.1, -0.05) is 25.5 Å². The number of unbranched alkanes of at least 4 members (excludes halogenated alkanes) is 1. The van der Waals surface area contributed by atoms with Gasteiger partial charge in [0.05, 0.1) is 6.61 Å². The van der Waals surface area contributed by atoms with E-state index in [9.17, 15) is 14.7 Å². The molecule has 3 aromatic rings. The molecule has 0 bridgehead atoms. The number of carbonyl (C=O) groups is 1. The quantitative estimate of drug-likeness (QED) is 0.368. The van der Waals surface area contributed by atoms with Gasteiger partial charge in [0, 0.05) is 29.6 Å². The van der Waals surface area contributed by atoms with Crippen LogP contribution < -0.4 is 21.3 Å². The molecule has 0 saturated carbocycles. The molecule has 0 amide bonds. The number of carboxylic acid groups (broad SMARTS) is 1. The molecule has 9 nitrogen and oxygen atoms in total. The zero-order valence-electron chi connectivity index (χ0n) is 16.0. The topological polar surface area (TPSA) is 139 Å². The number of nitrogen functional groups attached to an aromatic ring is 1. The number of hydrogen-bond acceptors (Lipinski definition) is 8. The van der Waals surface area contributed by atoms with E-state index < -0.39 is 5.97 Å². The second-order valence-corrected chi connectivity index (χ2v) is 7.59. The minimum atomic E-state index is -1.12. The van der Waals surface area contributed by atoms with E-state index in [0.717, 1.165) is 17.7 Å². The third-order valence-electron chi connectivity index (χ3n) is 4.19. The summed E-state index contributed by atoms with van der Waals surface area (Å²) < 4.78 is 7.03. The van der Waals surface area contributed by atoms with E-state index in [0.29, 0.717) is 35.6 Å². The summed E-state index contributed by atoms with van der Waals surface area (Å²) in [6.45, 7) is 2.92. The number of aryl methyl sites for hydroxylation is 1. The highest BCUT2D eigenvalue weighted by molar-refractivity contribution is 7.99. The van der Waals surface area contributed by atoms with Crippen molar-refractivity contribution in [3.8, 4) is 6.01 Å². The average molecular weight is 416 g/mol. The molecule has 0 aliphatic rings. The summed E-state index contributed by atoms with van der Waals surface area (Å²) in [5.74, 6) is -0.371. The van der Waals surface area contributed by atoms with Crippen LogP contribution in [-0.2, 0) is 17.8 Å². The van der Waals surface area contributed by atoms with Gasteiger partial charge >= 0.3 is 11.7 Å². The fourth-order valence-corrected chi connectivity index (χ4v) is 3.70. The smallest absolute Gasteiger partial charge is 0.327 e. The molecule has 0 fully saturated rings. The van der Waals surface area contributed by atoms with Crippen LogP contribution in [0.3, 0.4) is 0 Å². The average Bonchev–Trinajstić information content (AvgIpc) is 2.98. The van der Waals surface area contributed by atoms with Crippen LogP contribution in [0, 0.1) is 0 Å². The number of anilines is 1. The molecule has 0 spiro atoms. The Morgan fingerprint density at radius 2 is 2.21 bits per heavy atom. The summed E-state index contributed by atoms with van der Waals surface area (Å²) in [5, 5.41) is 10.8. The highest BCUT2D eigenvalue weighted by Gasteiger charge is 2.14. The number of fused-ring (bicyclic) bond motifs is 1. The second kappa shape index (κ2) is 9.46. The minimum Gasteiger partial charge on any atom is -0.550 e. The number of nitrogens with two attached hydrogens (primary N) is 1. The molecular weight excluding hydrogens is 394 g/mol. The van der Waals surface area contributed by atoms with Crippen molar-refractivity contribution >= 4 is 34.7 Å². The van der Waals surface area contributed by atoms with Gasteiger partial charge in [0.2, 0.25) is 0 Å². The predicted molar refractivity (Wildman–Crippen MR) is 109 cm³/mol. The maximum Gasteiger partial charge on any atom is 0.327 e. The van der Waals surface area contributed by atoms with Crippen LogP contribution >= 0.6 is 11.8 Å². The Kier molecular flexibility index (Phi) is 6.76. The second-order valence-electron chi connectivity index (χ2n) is 6.42. The fraction of sp³-hybridized carbons (Fsp3) is 0.368. The van der Waals surface area contributed by atoms with Gasteiger partial charge < -0.3 is 25.4 Å². The maximum atomic E-state index is 12.3. The Labute approximate surface area is 171 Å². The van der Waals surface area contributed by atoms with Gasteiger partial charge in [0.15, 0.2) is 11.5 Å². The van der Waals surface area contributed by atoms with Crippen molar-refractivity contribution in [3.63, 3.8) is 0 Å². The monoisotopic (exact) mass is 416 g/mol. The number of benzene rings is 1. The van der Waals surface area contributed by atoms with Crippen molar-refractivity contribution < 1.29 is 14.6 Å². The highest BCUT2D eigenvalue weighted by atomic mass is 32.2. The van der Waals surface area contributed by atoms with Gasteiger partial charge in [-0.15, -0.1) is 11.8 Å². The van der Waals surface area contributed by atoms with Gasteiger partial charge in [0.1, 0.15) is 5.52 Å². The van der Waals surface area contributed by atoms with Crippen LogP contribution in [0.5, 0.6) is 6.01 Å². The summed E-state index contributed by atoms with van der Waals surface area (Å²) in [7, 11) is 0. The molecule has 0 aliphatic carbocycles. The molecule has 3 rings (SSSR count). The van der Waals surface area contributed by atoms with Gasteiger partial charge in [-0.3, -0.25) is 4.57 Å². The van der Waals surface area contributed by atoms with E-state index in [4.69, 9.17) is 10.5 Å². The zero-order valence-corrected chi connectivity index (χ0v) is 16.8. The molecule has 10 heteroatoms. The molecule has 2 heterocycles. The van der Waals surface area contributed by atoms with Gasteiger partial charge in [-0.2, -0.15) is 9.97 Å². The van der Waals surface area contributed by atoms with Crippen LogP contribution in [0.2, 0.25) is 0 Å². The molecule has 154 valence electrons. The van der Waals surface area contributed by atoms with E-state index in [2.05, 4.69) is 21.9 Å². The number of imidazole rings is 1. The Hall–Kier alpha value is -3.01. The largest absolute Gasteiger partial charge is 0.550 e. The number of aromatic amines is 1. The molecule has 2 aromatic heterocycles. The summed E-state index contributed by atoms with van der Waals surface area (Å²) in [4.78, 5) is 35.1. The van der Waals surface area contributed by atoms with Crippen molar-refractivity contribution in [2.75, 3.05) is 18.1 Å².